The molecule has 0 fully saturated rings. The van der Waals surface area contributed by atoms with Crippen LogP contribution < -0.4 is 10.6 Å². The Bertz CT molecular complexity index is 435. The van der Waals surface area contributed by atoms with Crippen LogP contribution in [0.4, 0.5) is 11.8 Å². The van der Waals surface area contributed by atoms with Crippen LogP contribution in [0.25, 0.3) is 10.2 Å². The minimum atomic E-state index is 0.332. The summed E-state index contributed by atoms with van der Waals surface area (Å²) in [4.78, 5) is 11.2. The standard InChI is InChI=1S/C8H10N4S/c1-12(2)6-5-3-4-13-7(5)11-8(9)10-6/h3-4H,1-2H3,(H2,9,10,11). The van der Waals surface area contributed by atoms with E-state index >= 15 is 0 Å². The molecule has 0 aliphatic rings. The van der Waals surface area contributed by atoms with Crippen LogP contribution in [0.15, 0.2) is 11.4 Å². The molecule has 5 heteroatoms. The molecule has 4 nitrogen and oxygen atoms in total. The molecule has 0 atom stereocenters. The average molecular weight is 194 g/mol. The topological polar surface area (TPSA) is 55.0 Å². The molecule has 0 bridgehead atoms. The Balaban J connectivity index is 2.77. The number of hydrogen-bond donors (Lipinski definition) is 1. The highest BCUT2D eigenvalue weighted by atomic mass is 32.1. The molecule has 2 N–H and O–H groups in total. The highest BCUT2D eigenvalue weighted by Crippen LogP contribution is 2.26. The van der Waals surface area contributed by atoms with E-state index in [-0.39, 0.29) is 0 Å². The summed E-state index contributed by atoms with van der Waals surface area (Å²) in [5.74, 6) is 1.21. The monoisotopic (exact) mass is 194 g/mol. The third-order valence-corrected chi connectivity index (χ3v) is 2.55. The molecule has 0 aliphatic carbocycles. The number of aromatic nitrogens is 2. The molecule has 0 aliphatic heterocycles. The van der Waals surface area contributed by atoms with Crippen molar-refractivity contribution in [3.8, 4) is 0 Å². The summed E-state index contributed by atoms with van der Waals surface area (Å²) in [6, 6.07) is 2.01. The first-order valence-corrected chi connectivity index (χ1v) is 4.74. The van der Waals surface area contributed by atoms with E-state index in [2.05, 4.69) is 9.97 Å². The zero-order valence-corrected chi connectivity index (χ0v) is 8.30. The van der Waals surface area contributed by atoms with Gasteiger partial charge in [-0.05, 0) is 11.4 Å². The lowest BCUT2D eigenvalue weighted by atomic mass is 10.4. The molecule has 0 saturated carbocycles. The van der Waals surface area contributed by atoms with Gasteiger partial charge in [-0.25, -0.2) is 4.98 Å². The van der Waals surface area contributed by atoms with Crippen molar-refractivity contribution in [2.24, 2.45) is 0 Å². The largest absolute Gasteiger partial charge is 0.368 e. The quantitative estimate of drug-likeness (QED) is 0.744. The zero-order valence-electron chi connectivity index (χ0n) is 7.48. The SMILES string of the molecule is CN(C)c1nc(N)nc2sccc12. The van der Waals surface area contributed by atoms with Crippen LogP contribution in [0.3, 0.4) is 0 Å². The normalized spacial score (nSPS) is 10.6. The molecule has 0 aromatic carbocycles. The van der Waals surface area contributed by atoms with E-state index in [1.165, 1.54) is 0 Å². The van der Waals surface area contributed by atoms with Crippen molar-refractivity contribution in [3.05, 3.63) is 11.4 Å². The Morgan fingerprint density at radius 2 is 2.15 bits per heavy atom. The maximum atomic E-state index is 5.58. The van der Waals surface area contributed by atoms with Gasteiger partial charge in [0.2, 0.25) is 5.95 Å². The van der Waals surface area contributed by atoms with Crippen molar-refractivity contribution in [1.82, 2.24) is 9.97 Å². The van der Waals surface area contributed by atoms with Gasteiger partial charge in [0.05, 0.1) is 5.39 Å². The Labute approximate surface area is 80.0 Å². The van der Waals surface area contributed by atoms with Gasteiger partial charge < -0.3 is 10.6 Å². The second-order valence-corrected chi connectivity index (χ2v) is 3.83. The molecule has 2 aromatic heterocycles. The lowest BCUT2D eigenvalue weighted by Gasteiger charge is -2.12. The minimum Gasteiger partial charge on any atom is -0.368 e. The summed E-state index contributed by atoms with van der Waals surface area (Å²) in [6.45, 7) is 0. The summed E-state index contributed by atoms with van der Waals surface area (Å²) in [7, 11) is 3.89. The number of nitrogen functional groups attached to an aromatic ring is 1. The van der Waals surface area contributed by atoms with Gasteiger partial charge in [-0.3, -0.25) is 0 Å². The van der Waals surface area contributed by atoms with E-state index < -0.39 is 0 Å². The van der Waals surface area contributed by atoms with Crippen molar-refractivity contribution >= 4 is 33.3 Å². The van der Waals surface area contributed by atoms with Crippen LogP contribution in [0.1, 0.15) is 0 Å². The summed E-state index contributed by atoms with van der Waals surface area (Å²) in [5, 5.41) is 3.05. The van der Waals surface area contributed by atoms with Gasteiger partial charge in [-0.15, -0.1) is 11.3 Å². The molecular formula is C8H10N4S. The molecule has 2 aromatic rings. The number of nitrogens with zero attached hydrogens (tertiary/aromatic N) is 3. The fourth-order valence-electron chi connectivity index (χ4n) is 1.20. The minimum absolute atomic E-state index is 0.332. The Hall–Kier alpha value is -1.36. The second-order valence-electron chi connectivity index (χ2n) is 2.94. The third-order valence-electron chi connectivity index (χ3n) is 1.75. The van der Waals surface area contributed by atoms with Gasteiger partial charge in [0, 0.05) is 14.1 Å². The number of fused-ring (bicyclic) bond motifs is 1. The van der Waals surface area contributed by atoms with Crippen LogP contribution in [0.2, 0.25) is 0 Å². The average Bonchev–Trinajstić information content (AvgIpc) is 2.49. The summed E-state index contributed by atoms with van der Waals surface area (Å²) in [5.41, 5.74) is 5.58. The lowest BCUT2D eigenvalue weighted by molar-refractivity contribution is 1.07. The number of anilines is 2. The van der Waals surface area contributed by atoms with E-state index in [0.29, 0.717) is 5.95 Å². The van der Waals surface area contributed by atoms with E-state index in [1.807, 2.05) is 30.4 Å². The van der Waals surface area contributed by atoms with E-state index in [9.17, 15) is 0 Å². The van der Waals surface area contributed by atoms with Crippen LogP contribution in [0, 0.1) is 0 Å². The van der Waals surface area contributed by atoms with Gasteiger partial charge in [0.15, 0.2) is 0 Å². The molecule has 0 spiro atoms. The van der Waals surface area contributed by atoms with Crippen LogP contribution in [0.5, 0.6) is 0 Å². The third kappa shape index (κ3) is 1.31. The molecule has 0 radical (unpaired) electrons. The van der Waals surface area contributed by atoms with Crippen molar-refractivity contribution in [2.45, 2.75) is 0 Å². The van der Waals surface area contributed by atoms with Crippen molar-refractivity contribution < 1.29 is 0 Å². The van der Waals surface area contributed by atoms with E-state index in [0.717, 1.165) is 16.0 Å². The molecule has 0 unspecified atom stereocenters. The number of nitrogens with two attached hydrogens (primary N) is 1. The first-order valence-electron chi connectivity index (χ1n) is 3.86. The lowest BCUT2D eigenvalue weighted by Crippen LogP contribution is -2.12. The summed E-state index contributed by atoms with van der Waals surface area (Å²) < 4.78 is 0. The second kappa shape index (κ2) is 2.85. The van der Waals surface area contributed by atoms with Crippen LogP contribution in [-0.4, -0.2) is 24.1 Å². The van der Waals surface area contributed by atoms with Gasteiger partial charge in [-0.2, -0.15) is 4.98 Å². The molecule has 68 valence electrons. The number of thiophene rings is 1. The van der Waals surface area contributed by atoms with Gasteiger partial charge in [-0.1, -0.05) is 0 Å². The first-order chi connectivity index (χ1) is 6.18. The maximum Gasteiger partial charge on any atom is 0.223 e. The highest BCUT2D eigenvalue weighted by molar-refractivity contribution is 7.16. The van der Waals surface area contributed by atoms with Gasteiger partial charge >= 0.3 is 0 Å². The predicted molar refractivity (Wildman–Crippen MR) is 56.2 cm³/mol. The van der Waals surface area contributed by atoms with E-state index in [4.69, 9.17) is 5.73 Å². The van der Waals surface area contributed by atoms with Crippen molar-refractivity contribution in [2.75, 3.05) is 24.7 Å². The van der Waals surface area contributed by atoms with Gasteiger partial charge in [0.1, 0.15) is 10.6 Å². The molecule has 13 heavy (non-hydrogen) atoms. The molecule has 0 amide bonds. The van der Waals surface area contributed by atoms with Crippen molar-refractivity contribution in [3.63, 3.8) is 0 Å². The smallest absolute Gasteiger partial charge is 0.223 e. The van der Waals surface area contributed by atoms with E-state index in [1.54, 1.807) is 11.3 Å². The number of hydrogen-bond acceptors (Lipinski definition) is 5. The molecular weight excluding hydrogens is 184 g/mol. The Kier molecular flexibility index (Phi) is 1.81. The molecule has 0 saturated heterocycles. The van der Waals surface area contributed by atoms with Crippen molar-refractivity contribution in [1.29, 1.82) is 0 Å². The molecule has 2 rings (SSSR count). The Morgan fingerprint density at radius 1 is 1.38 bits per heavy atom. The maximum absolute atomic E-state index is 5.58. The summed E-state index contributed by atoms with van der Waals surface area (Å²) in [6.07, 6.45) is 0. The summed E-state index contributed by atoms with van der Waals surface area (Å²) >= 11 is 1.58. The van der Waals surface area contributed by atoms with Crippen LogP contribution in [-0.2, 0) is 0 Å². The number of rotatable bonds is 1. The first kappa shape index (κ1) is 8.25. The zero-order chi connectivity index (χ0) is 9.42. The Morgan fingerprint density at radius 3 is 2.85 bits per heavy atom. The fourth-order valence-corrected chi connectivity index (χ4v) is 1.96. The fraction of sp³-hybridized carbons (Fsp3) is 0.250. The molecule has 2 heterocycles. The van der Waals surface area contributed by atoms with Crippen LogP contribution >= 0.6 is 11.3 Å². The van der Waals surface area contributed by atoms with Gasteiger partial charge in [0.25, 0.3) is 0 Å². The highest BCUT2D eigenvalue weighted by Gasteiger charge is 2.07. The predicted octanol–water partition coefficient (Wildman–Crippen LogP) is 1.34.